The number of thiazole rings is 1. The molecule has 0 fully saturated rings. The molecule has 0 aliphatic heterocycles. The highest BCUT2D eigenvalue weighted by atomic mass is 32.1. The fourth-order valence-corrected chi connectivity index (χ4v) is 2.36. The third-order valence-electron chi connectivity index (χ3n) is 2.57. The number of rotatable bonds is 4. The molecule has 18 heavy (non-hydrogen) atoms. The Morgan fingerprint density at radius 3 is 2.72 bits per heavy atom. The molecule has 0 saturated heterocycles. The molecule has 0 bridgehead atoms. The van der Waals surface area contributed by atoms with E-state index in [1.54, 1.807) is 6.20 Å². The summed E-state index contributed by atoms with van der Waals surface area (Å²) in [5.41, 5.74) is 0.450. The van der Waals surface area contributed by atoms with E-state index < -0.39 is 0 Å². The van der Waals surface area contributed by atoms with E-state index in [2.05, 4.69) is 10.3 Å². The highest BCUT2D eigenvalue weighted by Crippen LogP contribution is 2.19. The summed E-state index contributed by atoms with van der Waals surface area (Å²) in [5, 5.41) is 5.65. The van der Waals surface area contributed by atoms with Crippen molar-refractivity contribution in [3.63, 3.8) is 0 Å². The third-order valence-corrected chi connectivity index (χ3v) is 3.46. The van der Waals surface area contributed by atoms with Crippen molar-refractivity contribution < 1.29 is 9.18 Å². The summed E-state index contributed by atoms with van der Waals surface area (Å²) >= 11 is 1.51. The number of nitrogens with one attached hydrogen (secondary N) is 1. The molecule has 1 N–H and O–H groups in total. The van der Waals surface area contributed by atoms with Crippen molar-refractivity contribution in [2.45, 2.75) is 19.4 Å². The Kier molecular flexibility index (Phi) is 4.04. The molecule has 1 amide bonds. The van der Waals surface area contributed by atoms with E-state index in [0.29, 0.717) is 5.56 Å². The van der Waals surface area contributed by atoms with Crippen molar-refractivity contribution in [2.75, 3.05) is 0 Å². The van der Waals surface area contributed by atoms with Crippen LogP contribution in [0.25, 0.3) is 0 Å². The quantitative estimate of drug-likeness (QED) is 0.921. The lowest BCUT2D eigenvalue weighted by Gasteiger charge is -2.14. The van der Waals surface area contributed by atoms with Gasteiger partial charge in [-0.15, -0.1) is 11.3 Å². The number of benzene rings is 1. The van der Waals surface area contributed by atoms with Crippen molar-refractivity contribution >= 4 is 17.2 Å². The van der Waals surface area contributed by atoms with Crippen molar-refractivity contribution in [1.82, 2.24) is 10.3 Å². The third kappa shape index (κ3) is 2.92. The fraction of sp³-hybridized carbons (Fsp3) is 0.231. The van der Waals surface area contributed by atoms with Crippen LogP contribution in [0.2, 0.25) is 0 Å². The largest absolute Gasteiger partial charge is 0.343 e. The van der Waals surface area contributed by atoms with E-state index >= 15 is 0 Å². The molecule has 1 unspecified atom stereocenters. The Bertz CT molecular complexity index is 510. The van der Waals surface area contributed by atoms with Crippen molar-refractivity contribution in [3.05, 3.63) is 52.2 Å². The predicted octanol–water partition coefficient (Wildman–Crippen LogP) is 3.16. The van der Waals surface area contributed by atoms with Crippen LogP contribution in [0.15, 0.2) is 35.8 Å². The molecular formula is C13H13FN2OS. The first kappa shape index (κ1) is 12.7. The van der Waals surface area contributed by atoms with E-state index in [1.807, 2.05) is 12.3 Å². The number of aromatic nitrogens is 1. The van der Waals surface area contributed by atoms with Gasteiger partial charge in [-0.3, -0.25) is 4.79 Å². The van der Waals surface area contributed by atoms with E-state index in [1.165, 1.54) is 35.6 Å². The SMILES string of the molecule is CCC(NC(=O)c1ccc(F)cc1)c1nccs1. The number of hydrogen-bond donors (Lipinski definition) is 1. The molecule has 0 aliphatic rings. The molecule has 3 nitrogen and oxygen atoms in total. The van der Waals surface area contributed by atoms with Crippen molar-refractivity contribution in [1.29, 1.82) is 0 Å². The molecule has 5 heteroatoms. The number of carbonyl (C=O) groups is 1. The van der Waals surface area contributed by atoms with Crippen LogP contribution in [-0.4, -0.2) is 10.9 Å². The molecular weight excluding hydrogens is 251 g/mol. The molecule has 1 atom stereocenters. The number of amides is 1. The Balaban J connectivity index is 2.08. The summed E-state index contributed by atoms with van der Waals surface area (Å²) in [6.45, 7) is 1.98. The van der Waals surface area contributed by atoms with Crippen LogP contribution >= 0.6 is 11.3 Å². The Hall–Kier alpha value is -1.75. The average molecular weight is 264 g/mol. The van der Waals surface area contributed by atoms with Gasteiger partial charge in [-0.25, -0.2) is 9.37 Å². The number of hydrogen-bond acceptors (Lipinski definition) is 3. The standard InChI is InChI=1S/C13H13FN2OS/c1-2-11(13-15-7-8-18-13)16-12(17)9-3-5-10(14)6-4-9/h3-8,11H,2H2,1H3,(H,16,17). The summed E-state index contributed by atoms with van der Waals surface area (Å²) < 4.78 is 12.8. The van der Waals surface area contributed by atoms with Crippen LogP contribution in [0, 0.1) is 5.82 Å². The van der Waals surface area contributed by atoms with Crippen LogP contribution in [0.3, 0.4) is 0 Å². The summed E-state index contributed by atoms with van der Waals surface area (Å²) in [6.07, 6.45) is 2.48. The molecule has 0 radical (unpaired) electrons. The van der Waals surface area contributed by atoms with Gasteiger partial charge >= 0.3 is 0 Å². The Morgan fingerprint density at radius 2 is 2.17 bits per heavy atom. The Morgan fingerprint density at radius 1 is 1.44 bits per heavy atom. The summed E-state index contributed by atoms with van der Waals surface area (Å²) in [5.74, 6) is -0.560. The second-order valence-corrected chi connectivity index (χ2v) is 4.74. The maximum Gasteiger partial charge on any atom is 0.251 e. The van der Waals surface area contributed by atoms with Crippen molar-refractivity contribution in [3.8, 4) is 0 Å². The lowest BCUT2D eigenvalue weighted by atomic mass is 10.1. The van der Waals surface area contributed by atoms with Gasteiger partial charge in [0, 0.05) is 17.1 Å². The second kappa shape index (κ2) is 5.73. The minimum absolute atomic E-state index is 0.0949. The first-order chi connectivity index (χ1) is 8.70. The molecule has 1 aromatic heterocycles. The van der Waals surface area contributed by atoms with Crippen molar-refractivity contribution in [2.24, 2.45) is 0 Å². The van der Waals surface area contributed by atoms with Crippen LogP contribution in [0.5, 0.6) is 0 Å². The molecule has 94 valence electrons. The average Bonchev–Trinajstić information content (AvgIpc) is 2.90. The van der Waals surface area contributed by atoms with Crippen LogP contribution in [0.1, 0.15) is 34.8 Å². The maximum atomic E-state index is 12.8. The van der Waals surface area contributed by atoms with E-state index in [0.717, 1.165) is 11.4 Å². The monoisotopic (exact) mass is 264 g/mol. The zero-order valence-corrected chi connectivity index (χ0v) is 10.7. The fourth-order valence-electron chi connectivity index (χ4n) is 1.59. The van der Waals surface area contributed by atoms with Gasteiger partial charge in [0.1, 0.15) is 10.8 Å². The molecule has 2 aromatic rings. The normalized spacial score (nSPS) is 12.1. The van der Waals surface area contributed by atoms with Gasteiger partial charge in [-0.1, -0.05) is 6.92 Å². The van der Waals surface area contributed by atoms with E-state index in [4.69, 9.17) is 0 Å². The minimum Gasteiger partial charge on any atom is -0.343 e. The number of nitrogens with zero attached hydrogens (tertiary/aromatic N) is 1. The van der Waals surface area contributed by atoms with Gasteiger partial charge in [0.2, 0.25) is 0 Å². The smallest absolute Gasteiger partial charge is 0.251 e. The van der Waals surface area contributed by atoms with E-state index in [-0.39, 0.29) is 17.8 Å². The lowest BCUT2D eigenvalue weighted by molar-refractivity contribution is 0.0935. The van der Waals surface area contributed by atoms with Gasteiger partial charge in [-0.2, -0.15) is 0 Å². The second-order valence-electron chi connectivity index (χ2n) is 3.81. The number of carbonyl (C=O) groups excluding carboxylic acids is 1. The Labute approximate surface area is 109 Å². The maximum absolute atomic E-state index is 12.8. The van der Waals surface area contributed by atoms with Gasteiger partial charge in [-0.05, 0) is 30.7 Å². The molecule has 1 heterocycles. The first-order valence-electron chi connectivity index (χ1n) is 5.66. The highest BCUT2D eigenvalue weighted by molar-refractivity contribution is 7.09. The van der Waals surface area contributed by atoms with E-state index in [9.17, 15) is 9.18 Å². The zero-order valence-electron chi connectivity index (χ0n) is 9.89. The molecule has 0 spiro atoms. The number of halogens is 1. The van der Waals surface area contributed by atoms with Gasteiger partial charge in [0.05, 0.1) is 6.04 Å². The van der Waals surface area contributed by atoms with Gasteiger partial charge in [0.15, 0.2) is 0 Å². The first-order valence-corrected chi connectivity index (χ1v) is 6.54. The molecule has 2 rings (SSSR count). The molecule has 0 saturated carbocycles. The van der Waals surface area contributed by atoms with Crippen LogP contribution in [-0.2, 0) is 0 Å². The van der Waals surface area contributed by atoms with Gasteiger partial charge in [0.25, 0.3) is 5.91 Å². The lowest BCUT2D eigenvalue weighted by Crippen LogP contribution is -2.28. The van der Waals surface area contributed by atoms with Crippen LogP contribution < -0.4 is 5.32 Å². The molecule has 0 aliphatic carbocycles. The summed E-state index contributed by atoms with van der Waals surface area (Å²) in [7, 11) is 0. The predicted molar refractivity (Wildman–Crippen MR) is 69.0 cm³/mol. The highest BCUT2D eigenvalue weighted by Gasteiger charge is 2.15. The topological polar surface area (TPSA) is 42.0 Å². The summed E-state index contributed by atoms with van der Waals surface area (Å²) in [6, 6.07) is 5.40. The summed E-state index contributed by atoms with van der Waals surface area (Å²) in [4.78, 5) is 16.2. The zero-order chi connectivity index (χ0) is 13.0. The van der Waals surface area contributed by atoms with Gasteiger partial charge < -0.3 is 5.32 Å². The van der Waals surface area contributed by atoms with Crippen LogP contribution in [0.4, 0.5) is 4.39 Å². The minimum atomic E-state index is -0.349. The molecule has 1 aromatic carbocycles.